The molecule has 10 N–H and O–H groups in total. The molecule has 0 aromatic heterocycles. The Morgan fingerprint density at radius 3 is 0.806 bits per heavy atom. The predicted molar refractivity (Wildman–Crippen MR) is 116 cm³/mol. The number of unbranched alkanes of at least 4 members (excludes halogenated alkanes) is 5. The number of aliphatic hydroxyl groups excluding tert-OH is 4. The van der Waals surface area contributed by atoms with Crippen molar-refractivity contribution in [3.8, 4) is 0 Å². The van der Waals surface area contributed by atoms with Gasteiger partial charge in [-0.15, -0.1) is 0 Å². The molecular formula is C20H34O16. The van der Waals surface area contributed by atoms with Crippen LogP contribution in [0.5, 0.6) is 0 Å². The molecular weight excluding hydrogens is 496 g/mol. The lowest BCUT2D eigenvalue weighted by molar-refractivity contribution is -0.172. The van der Waals surface area contributed by atoms with Crippen LogP contribution in [0.25, 0.3) is 0 Å². The van der Waals surface area contributed by atoms with Gasteiger partial charge in [0.2, 0.25) is 0 Å². The molecule has 0 amide bonds. The van der Waals surface area contributed by atoms with Crippen LogP contribution < -0.4 is 0 Å². The van der Waals surface area contributed by atoms with Gasteiger partial charge < -0.3 is 51.1 Å². The van der Waals surface area contributed by atoms with Crippen LogP contribution in [-0.2, 0) is 28.8 Å². The summed E-state index contributed by atoms with van der Waals surface area (Å²) in [6, 6.07) is 0. The van der Waals surface area contributed by atoms with Crippen LogP contribution in [0.15, 0.2) is 0 Å². The molecule has 0 aliphatic heterocycles. The monoisotopic (exact) mass is 530 g/mol. The van der Waals surface area contributed by atoms with Crippen molar-refractivity contribution in [2.24, 2.45) is 0 Å². The van der Waals surface area contributed by atoms with E-state index in [1.165, 1.54) is 0 Å². The Labute approximate surface area is 205 Å². The molecule has 0 saturated heterocycles. The van der Waals surface area contributed by atoms with E-state index in [1.54, 1.807) is 0 Å². The van der Waals surface area contributed by atoms with Crippen molar-refractivity contribution in [1.29, 1.82) is 0 Å². The van der Waals surface area contributed by atoms with Crippen LogP contribution >= 0.6 is 0 Å². The summed E-state index contributed by atoms with van der Waals surface area (Å²) >= 11 is 0. The van der Waals surface area contributed by atoms with E-state index in [0.717, 1.165) is 38.5 Å². The second-order valence-corrected chi connectivity index (χ2v) is 7.24. The molecule has 16 heteroatoms. The van der Waals surface area contributed by atoms with E-state index in [0.29, 0.717) is 0 Å². The second-order valence-electron chi connectivity index (χ2n) is 7.24. The number of aliphatic hydroxyl groups is 4. The minimum atomic E-state index is -2.36. The summed E-state index contributed by atoms with van der Waals surface area (Å²) in [5, 5.41) is 83.9. The normalized spacial score (nSPS) is 13.3. The average Bonchev–Trinajstić information content (AvgIpc) is 2.77. The molecule has 0 radical (unpaired) electrons. The van der Waals surface area contributed by atoms with Crippen LogP contribution in [0.3, 0.4) is 0 Å². The molecule has 0 aliphatic carbocycles. The number of rotatable bonds is 17. The Hall–Kier alpha value is -3.34. The first-order valence-corrected chi connectivity index (χ1v) is 10.6. The topological polar surface area (TPSA) is 305 Å². The van der Waals surface area contributed by atoms with Gasteiger partial charge in [0, 0.05) is 12.8 Å². The molecule has 0 fully saturated rings. The third-order valence-electron chi connectivity index (χ3n) is 4.09. The summed E-state index contributed by atoms with van der Waals surface area (Å²) in [6.45, 7) is 0. The van der Waals surface area contributed by atoms with E-state index in [2.05, 4.69) is 0 Å². The van der Waals surface area contributed by atoms with Gasteiger partial charge in [-0.25, -0.2) is 9.59 Å². The van der Waals surface area contributed by atoms with Gasteiger partial charge >= 0.3 is 35.8 Å². The van der Waals surface area contributed by atoms with E-state index in [-0.39, 0.29) is 25.7 Å². The van der Waals surface area contributed by atoms with Crippen LogP contribution in [0.2, 0.25) is 0 Å². The zero-order chi connectivity index (χ0) is 28.8. The molecule has 0 unspecified atom stereocenters. The fourth-order valence-corrected chi connectivity index (χ4v) is 2.14. The summed E-state index contributed by atoms with van der Waals surface area (Å²) in [7, 11) is 0. The first kappa shape index (κ1) is 37.2. The summed E-state index contributed by atoms with van der Waals surface area (Å²) in [4.78, 5) is 59.7. The molecule has 0 heterocycles. The number of hydrogen-bond donors (Lipinski definition) is 10. The minimum Gasteiger partial charge on any atom is -0.481 e. The third-order valence-corrected chi connectivity index (χ3v) is 4.09. The van der Waals surface area contributed by atoms with E-state index in [1.807, 2.05) is 0 Å². The molecule has 210 valence electrons. The average molecular weight is 530 g/mol. The van der Waals surface area contributed by atoms with E-state index in [9.17, 15) is 28.8 Å². The maximum atomic E-state index is 10.1. The van der Waals surface area contributed by atoms with E-state index >= 15 is 0 Å². The highest BCUT2D eigenvalue weighted by atomic mass is 16.4. The lowest BCUT2D eigenvalue weighted by Gasteiger charge is -2.21. The summed E-state index contributed by atoms with van der Waals surface area (Å²) in [5.41, 5.74) is 0. The number of carboxylic acids is 6. The number of carboxylic acid groups (broad SMARTS) is 6. The van der Waals surface area contributed by atoms with Crippen molar-refractivity contribution in [3.05, 3.63) is 0 Å². The standard InChI is InChI=1S/C10H18O4.C6H10O8.C4H6O4/c11-9(12)7-5-3-1-2-4-6-8-10(13)14;7-1(3(9)5(11)12)2(8)4(10)6(13)14;5-3(6)1-2-4(7)8/h1-8H2,(H,11,12)(H,13,14);1-4,7-10H,(H,11,12)(H,13,14);1-2H2,(H,5,6)(H,7,8)/t;1-,2-,3-,4+;/m.0./s1. The smallest absolute Gasteiger partial charge is 0.335 e. The Bertz CT molecular complexity index is 633. The molecule has 36 heavy (non-hydrogen) atoms. The zero-order valence-electron chi connectivity index (χ0n) is 19.3. The van der Waals surface area contributed by atoms with E-state index in [4.69, 9.17) is 51.1 Å². The summed E-state index contributed by atoms with van der Waals surface area (Å²) in [6.07, 6.45) is -4.05. The van der Waals surface area contributed by atoms with Crippen LogP contribution in [0, 0.1) is 0 Å². The molecule has 0 aliphatic rings. The van der Waals surface area contributed by atoms with Gasteiger partial charge in [0.1, 0.15) is 12.2 Å². The van der Waals surface area contributed by atoms with Crippen LogP contribution in [-0.4, -0.2) is 111 Å². The van der Waals surface area contributed by atoms with Gasteiger partial charge in [0.15, 0.2) is 12.2 Å². The Morgan fingerprint density at radius 1 is 0.389 bits per heavy atom. The fraction of sp³-hybridized carbons (Fsp3) is 0.700. The summed E-state index contributed by atoms with van der Waals surface area (Å²) in [5.74, 6) is -7.31. The Morgan fingerprint density at radius 2 is 0.611 bits per heavy atom. The molecule has 0 spiro atoms. The van der Waals surface area contributed by atoms with Gasteiger partial charge in [0.05, 0.1) is 12.8 Å². The largest absolute Gasteiger partial charge is 0.481 e. The lowest BCUT2D eigenvalue weighted by Crippen LogP contribution is -2.49. The third kappa shape index (κ3) is 25.3. The predicted octanol–water partition coefficient (Wildman–Crippen LogP) is -1.19. The van der Waals surface area contributed by atoms with Crippen molar-refractivity contribution in [3.63, 3.8) is 0 Å². The highest BCUT2D eigenvalue weighted by Gasteiger charge is 2.37. The highest BCUT2D eigenvalue weighted by Crippen LogP contribution is 2.08. The molecule has 0 aromatic carbocycles. The molecule has 0 rings (SSSR count). The molecule has 0 saturated carbocycles. The lowest BCUT2D eigenvalue weighted by atomic mass is 10.0. The first-order chi connectivity index (χ1) is 16.5. The number of carbonyl (C=O) groups is 6. The van der Waals surface area contributed by atoms with Crippen LogP contribution in [0.4, 0.5) is 0 Å². The molecule has 16 nitrogen and oxygen atoms in total. The van der Waals surface area contributed by atoms with Crippen molar-refractivity contribution >= 4 is 35.8 Å². The number of hydrogen-bond acceptors (Lipinski definition) is 10. The van der Waals surface area contributed by atoms with Crippen molar-refractivity contribution < 1.29 is 79.8 Å². The van der Waals surface area contributed by atoms with Crippen molar-refractivity contribution in [1.82, 2.24) is 0 Å². The van der Waals surface area contributed by atoms with Gasteiger partial charge in [0.25, 0.3) is 0 Å². The van der Waals surface area contributed by atoms with Gasteiger partial charge in [-0.2, -0.15) is 0 Å². The Balaban J connectivity index is -0.000000472. The maximum absolute atomic E-state index is 10.1. The SMILES string of the molecule is O=C(O)CCC(=O)O.O=C(O)CCCCCCCCC(=O)O.O=C(O)[C@@H](O)[C@@H](O)[C@H](O)[C@@H](O)C(=O)O. The van der Waals surface area contributed by atoms with Gasteiger partial charge in [-0.3, -0.25) is 19.2 Å². The fourth-order valence-electron chi connectivity index (χ4n) is 2.14. The maximum Gasteiger partial charge on any atom is 0.335 e. The summed E-state index contributed by atoms with van der Waals surface area (Å²) < 4.78 is 0. The molecule has 0 aromatic rings. The molecule has 4 atom stereocenters. The van der Waals surface area contributed by atoms with Gasteiger partial charge in [-0.1, -0.05) is 25.7 Å². The zero-order valence-corrected chi connectivity index (χ0v) is 19.3. The van der Waals surface area contributed by atoms with Gasteiger partial charge in [-0.05, 0) is 12.8 Å². The number of aliphatic carboxylic acids is 6. The Kier molecular flexibility index (Phi) is 22.9. The van der Waals surface area contributed by atoms with Crippen molar-refractivity contribution in [2.75, 3.05) is 0 Å². The van der Waals surface area contributed by atoms with Crippen LogP contribution in [0.1, 0.15) is 64.2 Å². The van der Waals surface area contributed by atoms with E-state index < -0.39 is 60.2 Å². The highest BCUT2D eigenvalue weighted by molar-refractivity contribution is 5.75. The second kappa shape index (κ2) is 22.1. The molecule has 0 bridgehead atoms. The minimum absolute atomic E-state index is 0.245. The quantitative estimate of drug-likeness (QED) is 0.0988. The first-order valence-electron chi connectivity index (χ1n) is 10.6. The van der Waals surface area contributed by atoms with Crippen molar-refractivity contribution in [2.45, 2.75) is 88.6 Å².